The van der Waals surface area contributed by atoms with Gasteiger partial charge in [-0.3, -0.25) is 9.59 Å². The van der Waals surface area contributed by atoms with Crippen molar-refractivity contribution in [3.8, 4) is 5.75 Å². The van der Waals surface area contributed by atoms with E-state index in [0.29, 0.717) is 11.5 Å². The number of hydrogen-bond acceptors (Lipinski definition) is 6. The van der Waals surface area contributed by atoms with Gasteiger partial charge in [-0.2, -0.15) is 5.10 Å². The van der Waals surface area contributed by atoms with Crippen LogP contribution in [0.3, 0.4) is 0 Å². The van der Waals surface area contributed by atoms with Gasteiger partial charge in [-0.15, -0.1) is 0 Å². The Morgan fingerprint density at radius 2 is 1.75 bits per heavy atom. The zero-order valence-corrected chi connectivity index (χ0v) is 19.4. The zero-order valence-electron chi connectivity index (χ0n) is 19.4. The fourth-order valence-electron chi connectivity index (χ4n) is 4.56. The Morgan fingerprint density at radius 3 is 2.39 bits per heavy atom. The number of fused-ring (bicyclic) bond motifs is 1. The fraction of sp³-hybridized carbons (Fsp3) is 0.360. The van der Waals surface area contributed by atoms with Crippen molar-refractivity contribution >= 4 is 23.6 Å². The molecule has 0 radical (unpaired) electrons. The number of amides is 3. The van der Waals surface area contributed by atoms with Gasteiger partial charge in [0.1, 0.15) is 24.3 Å². The highest BCUT2D eigenvalue weighted by molar-refractivity contribution is 6.13. The van der Waals surface area contributed by atoms with Crippen LogP contribution in [0.15, 0.2) is 65.8 Å². The van der Waals surface area contributed by atoms with Gasteiger partial charge >= 0.3 is 6.09 Å². The maximum atomic E-state index is 13.4. The molecule has 9 nitrogen and oxygen atoms in total. The first-order valence-electron chi connectivity index (χ1n) is 11.4. The Morgan fingerprint density at radius 1 is 1.08 bits per heavy atom. The van der Waals surface area contributed by atoms with Crippen molar-refractivity contribution < 1.29 is 32.6 Å². The molecule has 2 aromatic rings. The molecule has 2 heterocycles. The molecule has 3 amide bonds. The van der Waals surface area contributed by atoms with E-state index in [-0.39, 0.29) is 32.5 Å². The number of piperidine rings is 1. The minimum absolute atomic E-state index is 0.109. The minimum atomic E-state index is -2.76. The van der Waals surface area contributed by atoms with E-state index in [9.17, 15) is 23.2 Å². The number of hydrogen-bond donors (Lipinski definition) is 1. The largest absolute Gasteiger partial charge is 0.489 e. The van der Waals surface area contributed by atoms with Crippen LogP contribution in [0, 0.1) is 5.41 Å². The molecule has 1 fully saturated rings. The molecule has 1 unspecified atom stereocenters. The highest BCUT2D eigenvalue weighted by atomic mass is 19.3. The number of nitrogens with two attached hydrogens (primary N) is 1. The second kappa shape index (κ2) is 10.7. The molecule has 2 aliphatic rings. The van der Waals surface area contributed by atoms with Crippen LogP contribution in [0.1, 0.15) is 12.0 Å². The van der Waals surface area contributed by atoms with E-state index in [2.05, 4.69) is 5.10 Å². The lowest BCUT2D eigenvalue weighted by molar-refractivity contribution is -0.147. The summed E-state index contributed by atoms with van der Waals surface area (Å²) < 4.78 is 36.9. The number of halogens is 2. The third-order valence-corrected chi connectivity index (χ3v) is 6.17. The molecule has 2 aliphatic heterocycles. The number of para-hydroxylation sites is 1. The quantitative estimate of drug-likeness (QED) is 0.568. The molecule has 0 spiro atoms. The van der Waals surface area contributed by atoms with E-state index >= 15 is 0 Å². The first-order chi connectivity index (χ1) is 17.3. The molecular weight excluding hydrogens is 474 g/mol. The highest BCUT2D eigenvalue weighted by Crippen LogP contribution is 2.39. The Bertz CT molecular complexity index is 1130. The average molecular weight is 501 g/mol. The second-order valence-electron chi connectivity index (χ2n) is 8.63. The third kappa shape index (κ3) is 5.45. The fourth-order valence-corrected chi connectivity index (χ4v) is 4.56. The minimum Gasteiger partial charge on any atom is -0.489 e. The summed E-state index contributed by atoms with van der Waals surface area (Å²) in [5.41, 5.74) is 5.14. The topological polar surface area (TPSA) is 115 Å². The molecule has 1 saturated heterocycles. The van der Waals surface area contributed by atoms with Gasteiger partial charge in [0.25, 0.3) is 18.2 Å². The predicted octanol–water partition coefficient (Wildman–Crippen LogP) is 2.45. The summed E-state index contributed by atoms with van der Waals surface area (Å²) in [7, 11) is 0. The molecule has 0 bridgehead atoms. The number of nitrogens with zero attached hydrogens (tertiary/aromatic N) is 3. The zero-order chi connectivity index (χ0) is 25.7. The number of rotatable bonds is 9. The normalized spacial score (nSPS) is 20.1. The third-order valence-electron chi connectivity index (χ3n) is 6.17. The van der Waals surface area contributed by atoms with Crippen LogP contribution >= 0.6 is 0 Å². The SMILES string of the molecule is NC(=O)O[C@H](COc1ccccc1)C(=O)N1CCC2=NN(CC(F)F)C(=O)C2(Cc2ccccc2)C1. The van der Waals surface area contributed by atoms with Gasteiger partial charge in [0.05, 0.1) is 5.71 Å². The Kier molecular flexibility index (Phi) is 7.47. The number of hydrazone groups is 1. The summed E-state index contributed by atoms with van der Waals surface area (Å²) in [5, 5.41) is 5.01. The summed E-state index contributed by atoms with van der Waals surface area (Å²) >= 11 is 0. The van der Waals surface area contributed by atoms with Crippen molar-refractivity contribution in [1.82, 2.24) is 9.91 Å². The molecule has 11 heteroatoms. The number of primary amides is 1. The molecule has 4 rings (SSSR count). The second-order valence-corrected chi connectivity index (χ2v) is 8.63. The van der Waals surface area contributed by atoms with Crippen LogP contribution in [0.25, 0.3) is 0 Å². The standard InChI is InChI=1S/C25H26F2N4O5/c26-21(27)14-31-23(33)25(13-17-7-3-1-4-8-17)16-30(12-11-20(25)29-31)22(32)19(36-24(28)34)15-35-18-9-5-2-6-10-18/h1-10,19,21H,11-16H2,(H2,28,34)/t19-,25?/m1/s1. The van der Waals surface area contributed by atoms with Crippen LogP contribution in [0.5, 0.6) is 5.75 Å². The van der Waals surface area contributed by atoms with Gasteiger partial charge in [0, 0.05) is 19.5 Å². The summed E-state index contributed by atoms with van der Waals surface area (Å²) in [6.45, 7) is -1.07. The highest BCUT2D eigenvalue weighted by Gasteiger charge is 2.55. The molecule has 2 N–H and O–H groups in total. The van der Waals surface area contributed by atoms with Gasteiger partial charge in [0.2, 0.25) is 6.10 Å². The lowest BCUT2D eigenvalue weighted by Crippen LogP contribution is -2.58. The van der Waals surface area contributed by atoms with E-state index in [4.69, 9.17) is 15.2 Å². The smallest absolute Gasteiger partial charge is 0.405 e. The number of likely N-dealkylation sites (tertiary alicyclic amines) is 1. The van der Waals surface area contributed by atoms with Crippen LogP contribution < -0.4 is 10.5 Å². The summed E-state index contributed by atoms with van der Waals surface area (Å²) in [5.74, 6) is -0.728. The summed E-state index contributed by atoms with van der Waals surface area (Å²) in [4.78, 5) is 39.8. The van der Waals surface area contributed by atoms with Crippen LogP contribution in [0.4, 0.5) is 13.6 Å². The first kappa shape index (κ1) is 25.1. The van der Waals surface area contributed by atoms with Crippen molar-refractivity contribution in [1.29, 1.82) is 0 Å². The van der Waals surface area contributed by atoms with Crippen molar-refractivity contribution in [3.63, 3.8) is 0 Å². The molecule has 0 aliphatic carbocycles. The number of carbonyl (C=O) groups is 3. The molecule has 2 aromatic carbocycles. The number of alkyl halides is 2. The van der Waals surface area contributed by atoms with E-state index in [1.807, 2.05) is 30.3 Å². The lowest BCUT2D eigenvalue weighted by atomic mass is 9.73. The van der Waals surface area contributed by atoms with Crippen LogP contribution in [0.2, 0.25) is 0 Å². The maximum Gasteiger partial charge on any atom is 0.405 e. The monoisotopic (exact) mass is 500 g/mol. The molecular formula is C25H26F2N4O5. The van der Waals surface area contributed by atoms with Gasteiger partial charge in [0.15, 0.2) is 0 Å². The summed E-state index contributed by atoms with van der Waals surface area (Å²) in [6.07, 6.45) is -4.88. The van der Waals surface area contributed by atoms with Crippen molar-refractivity contribution in [3.05, 3.63) is 66.2 Å². The molecule has 0 saturated carbocycles. The molecule has 36 heavy (non-hydrogen) atoms. The van der Waals surface area contributed by atoms with Crippen molar-refractivity contribution in [2.45, 2.75) is 25.4 Å². The summed E-state index contributed by atoms with van der Waals surface area (Å²) in [6, 6.07) is 17.7. The number of ether oxygens (including phenoxy) is 2. The van der Waals surface area contributed by atoms with E-state index in [1.54, 1.807) is 30.3 Å². The lowest BCUT2D eigenvalue weighted by Gasteiger charge is -2.40. The number of carbonyl (C=O) groups excluding carboxylic acids is 3. The van der Waals surface area contributed by atoms with Crippen LogP contribution in [-0.4, -0.2) is 72.3 Å². The van der Waals surface area contributed by atoms with E-state index < -0.39 is 42.4 Å². The molecule has 190 valence electrons. The van der Waals surface area contributed by atoms with Crippen molar-refractivity contribution in [2.24, 2.45) is 16.3 Å². The Balaban J connectivity index is 1.58. The number of benzene rings is 2. The van der Waals surface area contributed by atoms with Crippen molar-refractivity contribution in [2.75, 3.05) is 26.2 Å². The van der Waals surface area contributed by atoms with Crippen LogP contribution in [-0.2, 0) is 20.7 Å². The van der Waals surface area contributed by atoms with Gasteiger partial charge in [-0.25, -0.2) is 18.6 Å². The van der Waals surface area contributed by atoms with Gasteiger partial charge in [-0.1, -0.05) is 48.5 Å². The van der Waals surface area contributed by atoms with E-state index in [1.165, 1.54) is 4.90 Å². The Hall–Kier alpha value is -4.02. The van der Waals surface area contributed by atoms with E-state index in [0.717, 1.165) is 10.6 Å². The van der Waals surface area contributed by atoms with Gasteiger partial charge < -0.3 is 20.1 Å². The molecule has 2 atom stereocenters. The average Bonchev–Trinajstić information content (AvgIpc) is 3.12. The van der Waals surface area contributed by atoms with Gasteiger partial charge in [-0.05, 0) is 24.1 Å². The predicted molar refractivity (Wildman–Crippen MR) is 125 cm³/mol. The Labute approximate surface area is 206 Å². The molecule has 0 aromatic heterocycles. The maximum absolute atomic E-state index is 13.4. The first-order valence-corrected chi connectivity index (χ1v) is 11.4.